The van der Waals surface area contributed by atoms with Gasteiger partial charge in [0.15, 0.2) is 11.7 Å². The largest absolute Gasteiger partial charge is 0.394 e. The molecule has 2 saturated heterocycles. The number of nitrogens with one attached hydrogen (secondary N) is 2. The fourth-order valence-corrected chi connectivity index (χ4v) is 4.32. The molecular formula is C22H22Cl3F3N4O10. The second-order valence-electron chi connectivity index (χ2n) is 8.80. The fourth-order valence-electron chi connectivity index (χ4n) is 4.02. The van der Waals surface area contributed by atoms with E-state index < -0.39 is 105 Å². The smallest absolute Gasteiger partial charge is 0.330 e. The molecule has 2 aromatic rings. The number of rotatable bonds is 6. The summed E-state index contributed by atoms with van der Waals surface area (Å²) >= 11 is 15.4. The normalized spacial score (nSPS) is 26.0. The summed E-state index contributed by atoms with van der Waals surface area (Å²) in [5.41, 5.74) is -5.25. The van der Waals surface area contributed by atoms with Crippen molar-refractivity contribution in [2.75, 3.05) is 13.2 Å². The van der Waals surface area contributed by atoms with Crippen LogP contribution in [-0.2, 0) is 9.47 Å². The first-order valence-electron chi connectivity index (χ1n) is 11.7. The number of ether oxygens (including phenoxy) is 2. The van der Waals surface area contributed by atoms with Gasteiger partial charge in [-0.3, -0.25) is 28.7 Å². The van der Waals surface area contributed by atoms with Gasteiger partial charge < -0.3 is 29.9 Å². The summed E-state index contributed by atoms with van der Waals surface area (Å²) in [4.78, 5) is 50.1. The summed E-state index contributed by atoms with van der Waals surface area (Å²) in [6, 6.07) is 0. The van der Waals surface area contributed by atoms with Gasteiger partial charge in [-0.25, -0.2) is 18.4 Å². The number of aliphatic hydroxyl groups is 4. The van der Waals surface area contributed by atoms with Crippen LogP contribution in [-0.4, -0.2) is 77.2 Å². The summed E-state index contributed by atoms with van der Waals surface area (Å²) < 4.78 is 51.2. The molecule has 20 heteroatoms. The molecule has 0 saturated carbocycles. The number of hydrogen-bond donors (Lipinski definition) is 6. The minimum absolute atomic E-state index is 0.00342. The van der Waals surface area contributed by atoms with Gasteiger partial charge in [-0.2, -0.15) is 4.39 Å². The SMILES string of the molecule is O=c1[nH]c(=O)n(C2CC(O)C(CO)O2)cc1/C(F)=C(\F)Cl.O=c1[nH]c(=O)n(C2CC(O)C(CO)O2)cc1C(F)=C(Cl)Cl. The fraction of sp³-hybridized carbons (Fsp3) is 0.455. The molecule has 2 aromatic heterocycles. The van der Waals surface area contributed by atoms with E-state index in [1.807, 2.05) is 4.98 Å². The Kier molecular flexibility index (Phi) is 11.4. The summed E-state index contributed by atoms with van der Waals surface area (Å²) in [5, 5.41) is 35.5. The summed E-state index contributed by atoms with van der Waals surface area (Å²) in [6.45, 7) is -0.919. The Morgan fingerprint density at radius 1 is 0.786 bits per heavy atom. The van der Waals surface area contributed by atoms with Gasteiger partial charge in [0.05, 0.1) is 36.5 Å². The lowest BCUT2D eigenvalue weighted by molar-refractivity contribution is -0.0459. The van der Waals surface area contributed by atoms with E-state index in [4.69, 9.17) is 54.5 Å². The first-order chi connectivity index (χ1) is 19.7. The third-order valence-corrected chi connectivity index (χ3v) is 6.63. The highest BCUT2D eigenvalue weighted by molar-refractivity contribution is 6.58. The first kappa shape index (κ1) is 33.8. The molecule has 0 amide bonds. The average Bonchev–Trinajstić information content (AvgIpc) is 3.49. The maximum Gasteiger partial charge on any atom is 0.330 e. The zero-order valence-electron chi connectivity index (χ0n) is 20.8. The molecule has 6 N–H and O–H groups in total. The van der Waals surface area contributed by atoms with Crippen molar-refractivity contribution in [2.24, 2.45) is 0 Å². The van der Waals surface area contributed by atoms with Gasteiger partial charge in [-0.1, -0.05) is 23.2 Å². The highest BCUT2D eigenvalue weighted by Crippen LogP contribution is 2.30. The summed E-state index contributed by atoms with van der Waals surface area (Å²) in [6.07, 6.45) is -4.22. The highest BCUT2D eigenvalue weighted by Gasteiger charge is 2.36. The van der Waals surface area contributed by atoms with Crippen molar-refractivity contribution < 1.29 is 43.1 Å². The van der Waals surface area contributed by atoms with Gasteiger partial charge in [0, 0.05) is 25.2 Å². The maximum absolute atomic E-state index is 13.7. The van der Waals surface area contributed by atoms with Crippen LogP contribution in [0.15, 0.2) is 41.3 Å². The Bertz CT molecular complexity index is 1480. The number of H-pyrrole nitrogens is 2. The van der Waals surface area contributed by atoms with Crippen molar-refractivity contribution in [3.63, 3.8) is 0 Å². The minimum atomic E-state index is -1.73. The molecule has 232 valence electrons. The van der Waals surface area contributed by atoms with Crippen LogP contribution in [0.3, 0.4) is 0 Å². The Morgan fingerprint density at radius 2 is 1.17 bits per heavy atom. The Morgan fingerprint density at radius 3 is 1.48 bits per heavy atom. The van der Waals surface area contributed by atoms with Gasteiger partial charge in [-0.15, -0.1) is 0 Å². The highest BCUT2D eigenvalue weighted by atomic mass is 35.5. The number of halogens is 6. The molecule has 2 aliphatic heterocycles. The van der Waals surface area contributed by atoms with Crippen LogP contribution in [0.2, 0.25) is 0 Å². The monoisotopic (exact) mass is 664 g/mol. The number of aliphatic hydroxyl groups excluding tert-OH is 4. The van der Waals surface area contributed by atoms with Gasteiger partial charge in [0.2, 0.25) is 5.29 Å². The van der Waals surface area contributed by atoms with E-state index in [9.17, 15) is 42.6 Å². The van der Waals surface area contributed by atoms with Crippen LogP contribution in [0, 0.1) is 0 Å². The molecule has 42 heavy (non-hydrogen) atoms. The first-order valence-corrected chi connectivity index (χ1v) is 12.8. The van der Waals surface area contributed by atoms with Crippen molar-refractivity contribution in [1.29, 1.82) is 0 Å². The van der Waals surface area contributed by atoms with Crippen molar-refractivity contribution in [2.45, 2.75) is 49.7 Å². The van der Waals surface area contributed by atoms with Gasteiger partial charge >= 0.3 is 11.4 Å². The zero-order chi connectivity index (χ0) is 31.5. The molecule has 6 atom stereocenters. The third-order valence-electron chi connectivity index (χ3n) is 6.13. The van der Waals surface area contributed by atoms with Crippen LogP contribution in [0.5, 0.6) is 0 Å². The van der Waals surface area contributed by atoms with Crippen molar-refractivity contribution in [3.8, 4) is 0 Å². The molecule has 4 heterocycles. The molecule has 6 unspecified atom stereocenters. The van der Waals surface area contributed by atoms with E-state index in [1.54, 1.807) is 4.98 Å². The molecule has 14 nitrogen and oxygen atoms in total. The third kappa shape index (κ3) is 7.42. The molecule has 2 aliphatic rings. The lowest BCUT2D eigenvalue weighted by atomic mass is 10.2. The number of hydrogen-bond acceptors (Lipinski definition) is 10. The van der Waals surface area contributed by atoms with Crippen LogP contribution < -0.4 is 22.5 Å². The molecule has 4 rings (SSSR count). The number of aromatic nitrogens is 4. The van der Waals surface area contributed by atoms with Gasteiger partial charge in [0.25, 0.3) is 11.1 Å². The van der Waals surface area contributed by atoms with E-state index >= 15 is 0 Å². The molecule has 0 aliphatic carbocycles. The number of nitrogens with zero attached hydrogens (tertiary/aromatic N) is 2. The van der Waals surface area contributed by atoms with Crippen molar-refractivity contribution in [3.05, 3.63) is 75.0 Å². The van der Waals surface area contributed by atoms with E-state index in [2.05, 4.69) is 0 Å². The minimum Gasteiger partial charge on any atom is -0.394 e. The molecule has 0 spiro atoms. The van der Waals surface area contributed by atoms with Crippen LogP contribution in [0.25, 0.3) is 11.7 Å². The average molecular weight is 666 g/mol. The Balaban J connectivity index is 0.000000230. The Hall–Kier alpha value is -2.74. The van der Waals surface area contributed by atoms with E-state index in [0.29, 0.717) is 0 Å². The molecular weight excluding hydrogens is 644 g/mol. The topological polar surface area (TPSA) is 209 Å². The van der Waals surface area contributed by atoms with E-state index in [-0.39, 0.29) is 12.8 Å². The predicted molar refractivity (Wildman–Crippen MR) is 141 cm³/mol. The lowest BCUT2D eigenvalue weighted by Crippen LogP contribution is -2.34. The Labute approximate surface area is 246 Å². The quantitative estimate of drug-likeness (QED) is 0.248. The van der Waals surface area contributed by atoms with Gasteiger partial charge in [0.1, 0.15) is 29.2 Å². The molecule has 0 radical (unpaired) electrons. The van der Waals surface area contributed by atoms with E-state index in [1.165, 1.54) is 0 Å². The summed E-state index contributed by atoms with van der Waals surface area (Å²) in [5.74, 6) is -2.81. The maximum atomic E-state index is 13.7. The molecule has 0 bridgehead atoms. The molecule has 0 aromatic carbocycles. The second-order valence-corrected chi connectivity index (χ2v) is 10.1. The van der Waals surface area contributed by atoms with Crippen LogP contribution in [0.4, 0.5) is 13.2 Å². The zero-order valence-corrected chi connectivity index (χ0v) is 23.1. The summed E-state index contributed by atoms with van der Waals surface area (Å²) in [7, 11) is 0. The van der Waals surface area contributed by atoms with E-state index in [0.717, 1.165) is 21.5 Å². The standard InChI is InChI=1S/C11H11Cl2FN2O5.C11H11ClF2N2O5/c12-9(13)8(14)4-2-16(11(20)15-10(4)19)7-1-5(18)6(3-17)21-7;12-9(14)8(13)4-2-16(11(20)15-10(4)19)7-1-5(18)6(3-17)21-7/h2*2,5-7,17-18H,1,3H2,(H,15,19,20)/b;9-8+. The number of aromatic amines is 2. The second kappa shape index (κ2) is 14.2. The van der Waals surface area contributed by atoms with Crippen molar-refractivity contribution in [1.82, 2.24) is 19.1 Å². The van der Waals surface area contributed by atoms with Crippen LogP contribution >= 0.6 is 34.8 Å². The molecule has 2 fully saturated rings. The van der Waals surface area contributed by atoms with Crippen molar-refractivity contribution >= 4 is 46.5 Å². The van der Waals surface area contributed by atoms with Gasteiger partial charge in [-0.05, 0) is 11.6 Å². The lowest BCUT2D eigenvalue weighted by Gasteiger charge is -2.15. The van der Waals surface area contributed by atoms with Crippen LogP contribution in [0.1, 0.15) is 36.4 Å². The predicted octanol–water partition coefficient (Wildman–Crippen LogP) is 0.232.